The topological polar surface area (TPSA) is 75.4 Å². The highest BCUT2D eigenvalue weighted by atomic mass is 16.1. The average molecular weight is 443 g/mol. The van der Waals surface area contributed by atoms with Gasteiger partial charge in [-0.15, -0.1) is 10.2 Å². The molecule has 0 aliphatic heterocycles. The third kappa shape index (κ3) is 4.93. The van der Waals surface area contributed by atoms with Gasteiger partial charge < -0.3 is 10.2 Å². The molecule has 0 spiro atoms. The molecular formula is C26H30N6O. The van der Waals surface area contributed by atoms with E-state index in [0.717, 1.165) is 42.0 Å². The number of carbonyl (C=O) groups is 1. The summed E-state index contributed by atoms with van der Waals surface area (Å²) in [5.74, 6) is 0.648. The quantitative estimate of drug-likeness (QED) is 0.444. The lowest BCUT2D eigenvalue weighted by Gasteiger charge is -2.18. The molecule has 2 heterocycles. The Morgan fingerprint density at radius 1 is 0.970 bits per heavy atom. The Morgan fingerprint density at radius 3 is 2.42 bits per heavy atom. The van der Waals surface area contributed by atoms with Crippen LogP contribution in [-0.4, -0.2) is 56.8 Å². The summed E-state index contributed by atoms with van der Waals surface area (Å²) in [5.41, 5.74) is 6.27. The fourth-order valence-electron chi connectivity index (χ4n) is 3.88. The molecule has 0 saturated carbocycles. The fourth-order valence-corrected chi connectivity index (χ4v) is 3.88. The summed E-state index contributed by atoms with van der Waals surface area (Å²) in [6.07, 6.45) is 0. The van der Waals surface area contributed by atoms with Gasteiger partial charge in [0.2, 0.25) is 0 Å². The molecule has 4 aromatic rings. The Bertz CT molecular complexity index is 1260. The number of rotatable bonds is 8. The van der Waals surface area contributed by atoms with Crippen molar-refractivity contribution >= 4 is 11.6 Å². The Labute approximate surface area is 194 Å². The van der Waals surface area contributed by atoms with Crippen molar-refractivity contribution in [3.8, 4) is 22.6 Å². The molecule has 33 heavy (non-hydrogen) atoms. The van der Waals surface area contributed by atoms with Crippen LogP contribution in [0.5, 0.6) is 0 Å². The zero-order valence-corrected chi connectivity index (χ0v) is 19.7. The summed E-state index contributed by atoms with van der Waals surface area (Å²) in [6, 6.07) is 17.7. The predicted molar refractivity (Wildman–Crippen MR) is 131 cm³/mol. The maximum atomic E-state index is 12.6. The van der Waals surface area contributed by atoms with Crippen LogP contribution in [0.25, 0.3) is 28.3 Å². The summed E-state index contributed by atoms with van der Waals surface area (Å²) >= 11 is 0. The number of nitrogens with zero attached hydrogens (tertiary/aromatic N) is 5. The molecule has 2 aromatic carbocycles. The molecule has 1 amide bonds. The molecule has 0 aliphatic rings. The number of hydrogen-bond acceptors (Lipinski definition) is 5. The number of fused-ring (bicyclic) bond motifs is 1. The lowest BCUT2D eigenvalue weighted by atomic mass is 10.0. The highest BCUT2D eigenvalue weighted by Crippen LogP contribution is 2.25. The van der Waals surface area contributed by atoms with Crippen LogP contribution in [0.2, 0.25) is 0 Å². The van der Waals surface area contributed by atoms with Crippen molar-refractivity contribution in [2.45, 2.75) is 27.7 Å². The van der Waals surface area contributed by atoms with Crippen LogP contribution in [0.3, 0.4) is 0 Å². The first-order valence-electron chi connectivity index (χ1n) is 11.4. The number of benzene rings is 2. The van der Waals surface area contributed by atoms with Crippen LogP contribution in [0.15, 0.2) is 54.6 Å². The first-order valence-corrected chi connectivity index (χ1v) is 11.4. The van der Waals surface area contributed by atoms with Gasteiger partial charge in [0.05, 0.1) is 5.69 Å². The standard InChI is InChI=1S/C26H30N6O/c1-5-31(6-2)16-15-27-26(33)21-11-12-22(19(4)17-21)23-13-14-24-28-29-25(32(24)30-23)20-9-7-18(3)8-10-20/h7-14,17H,5-6,15-16H2,1-4H3,(H,27,33). The first-order chi connectivity index (χ1) is 16.0. The van der Waals surface area contributed by atoms with Gasteiger partial charge in [0.25, 0.3) is 5.91 Å². The second-order valence-corrected chi connectivity index (χ2v) is 8.19. The molecule has 7 heteroatoms. The Kier molecular flexibility index (Phi) is 6.79. The van der Waals surface area contributed by atoms with E-state index >= 15 is 0 Å². The molecule has 1 N–H and O–H groups in total. The Hall–Kier alpha value is -3.58. The number of amides is 1. The summed E-state index contributed by atoms with van der Waals surface area (Å²) < 4.78 is 1.77. The second-order valence-electron chi connectivity index (χ2n) is 8.19. The van der Waals surface area contributed by atoms with Gasteiger partial charge in [-0.3, -0.25) is 4.79 Å². The van der Waals surface area contributed by atoms with E-state index in [1.54, 1.807) is 4.52 Å². The van der Waals surface area contributed by atoms with E-state index in [1.165, 1.54) is 5.56 Å². The van der Waals surface area contributed by atoms with Crippen LogP contribution in [0.4, 0.5) is 0 Å². The van der Waals surface area contributed by atoms with E-state index in [0.29, 0.717) is 23.6 Å². The van der Waals surface area contributed by atoms with Gasteiger partial charge in [0.1, 0.15) is 0 Å². The summed E-state index contributed by atoms with van der Waals surface area (Å²) in [6.45, 7) is 11.8. The van der Waals surface area contributed by atoms with Gasteiger partial charge in [0.15, 0.2) is 11.5 Å². The predicted octanol–water partition coefficient (Wildman–Crippen LogP) is 4.15. The molecule has 4 rings (SSSR count). The summed E-state index contributed by atoms with van der Waals surface area (Å²) in [5, 5.41) is 16.4. The fraction of sp³-hybridized carbons (Fsp3) is 0.308. The normalized spacial score (nSPS) is 11.3. The zero-order valence-electron chi connectivity index (χ0n) is 19.7. The van der Waals surface area contributed by atoms with Gasteiger partial charge in [0, 0.05) is 29.8 Å². The highest BCUT2D eigenvalue weighted by Gasteiger charge is 2.13. The third-order valence-corrected chi connectivity index (χ3v) is 5.95. The van der Waals surface area contributed by atoms with Crippen LogP contribution < -0.4 is 5.32 Å². The summed E-state index contributed by atoms with van der Waals surface area (Å²) in [4.78, 5) is 14.9. The van der Waals surface area contributed by atoms with E-state index in [-0.39, 0.29) is 5.91 Å². The number of nitrogens with one attached hydrogen (secondary N) is 1. The van der Waals surface area contributed by atoms with Crippen molar-refractivity contribution in [2.75, 3.05) is 26.2 Å². The van der Waals surface area contributed by atoms with Crippen molar-refractivity contribution in [3.05, 3.63) is 71.3 Å². The average Bonchev–Trinajstić information content (AvgIpc) is 3.25. The van der Waals surface area contributed by atoms with Crippen molar-refractivity contribution in [1.82, 2.24) is 30.0 Å². The lowest BCUT2D eigenvalue weighted by molar-refractivity contribution is 0.0949. The number of likely N-dealkylation sites (N-methyl/N-ethyl adjacent to an activating group) is 1. The van der Waals surface area contributed by atoms with Crippen LogP contribution in [0, 0.1) is 13.8 Å². The molecule has 0 aliphatic carbocycles. The van der Waals surface area contributed by atoms with E-state index in [2.05, 4.69) is 53.3 Å². The third-order valence-electron chi connectivity index (χ3n) is 5.95. The molecule has 170 valence electrons. The van der Waals surface area contributed by atoms with Crippen molar-refractivity contribution in [3.63, 3.8) is 0 Å². The SMILES string of the molecule is CCN(CC)CCNC(=O)c1ccc(-c2ccc3nnc(-c4ccc(C)cc4)n3n2)c(C)c1. The van der Waals surface area contributed by atoms with E-state index in [1.807, 2.05) is 49.4 Å². The molecular weight excluding hydrogens is 412 g/mol. The van der Waals surface area contributed by atoms with Gasteiger partial charge in [-0.2, -0.15) is 9.61 Å². The molecule has 0 atom stereocenters. The smallest absolute Gasteiger partial charge is 0.251 e. The highest BCUT2D eigenvalue weighted by molar-refractivity contribution is 5.95. The minimum absolute atomic E-state index is 0.0549. The Morgan fingerprint density at radius 2 is 1.73 bits per heavy atom. The van der Waals surface area contributed by atoms with Gasteiger partial charge in [-0.1, -0.05) is 49.7 Å². The number of aromatic nitrogens is 4. The largest absolute Gasteiger partial charge is 0.351 e. The van der Waals surface area contributed by atoms with Crippen LogP contribution in [-0.2, 0) is 0 Å². The maximum Gasteiger partial charge on any atom is 0.251 e. The zero-order chi connectivity index (χ0) is 23.4. The molecule has 0 unspecified atom stereocenters. The molecule has 0 bridgehead atoms. The first kappa shape index (κ1) is 22.6. The van der Waals surface area contributed by atoms with Crippen molar-refractivity contribution < 1.29 is 4.79 Å². The minimum atomic E-state index is -0.0549. The van der Waals surface area contributed by atoms with Crippen LogP contribution >= 0.6 is 0 Å². The second kappa shape index (κ2) is 9.92. The molecule has 7 nitrogen and oxygen atoms in total. The van der Waals surface area contributed by atoms with Gasteiger partial charge in [-0.05, 0) is 56.8 Å². The minimum Gasteiger partial charge on any atom is -0.351 e. The molecule has 2 aromatic heterocycles. The number of hydrogen-bond donors (Lipinski definition) is 1. The van der Waals surface area contributed by atoms with E-state index in [9.17, 15) is 4.79 Å². The van der Waals surface area contributed by atoms with Crippen molar-refractivity contribution in [2.24, 2.45) is 0 Å². The molecule has 0 fully saturated rings. The Balaban J connectivity index is 1.56. The molecule has 0 radical (unpaired) electrons. The number of carbonyl (C=O) groups excluding carboxylic acids is 1. The number of aryl methyl sites for hydroxylation is 2. The van der Waals surface area contributed by atoms with E-state index in [4.69, 9.17) is 5.10 Å². The lowest BCUT2D eigenvalue weighted by Crippen LogP contribution is -2.34. The van der Waals surface area contributed by atoms with Crippen LogP contribution in [0.1, 0.15) is 35.3 Å². The van der Waals surface area contributed by atoms with Crippen molar-refractivity contribution in [1.29, 1.82) is 0 Å². The van der Waals surface area contributed by atoms with Gasteiger partial charge in [-0.25, -0.2) is 0 Å². The summed E-state index contributed by atoms with van der Waals surface area (Å²) in [7, 11) is 0. The maximum absolute atomic E-state index is 12.6. The van der Waals surface area contributed by atoms with E-state index < -0.39 is 0 Å². The van der Waals surface area contributed by atoms with Gasteiger partial charge >= 0.3 is 0 Å². The monoisotopic (exact) mass is 442 g/mol. The molecule has 0 saturated heterocycles.